The van der Waals surface area contributed by atoms with E-state index < -0.39 is 11.9 Å². The van der Waals surface area contributed by atoms with E-state index in [1.54, 1.807) is 6.07 Å². The van der Waals surface area contributed by atoms with E-state index >= 15 is 0 Å². The Morgan fingerprint density at radius 2 is 1.90 bits per heavy atom. The smallest absolute Gasteiger partial charge is 0.337 e. The lowest BCUT2D eigenvalue weighted by Gasteiger charge is -2.06. The summed E-state index contributed by atoms with van der Waals surface area (Å²) in [7, 11) is 0. The average Bonchev–Trinajstić information content (AvgIpc) is 2.38. The Morgan fingerprint density at radius 3 is 2.50 bits per heavy atom. The zero-order valence-corrected chi connectivity index (χ0v) is 11.4. The molecule has 0 bridgehead atoms. The Kier molecular flexibility index (Phi) is 4.22. The zero-order chi connectivity index (χ0) is 14.7. The van der Waals surface area contributed by atoms with Crippen LogP contribution in [0, 0.1) is 0 Å². The van der Waals surface area contributed by atoms with Crippen molar-refractivity contribution < 1.29 is 14.7 Å². The number of nitrogens with one attached hydrogen (secondary N) is 1. The van der Waals surface area contributed by atoms with Crippen LogP contribution in [-0.2, 0) is 0 Å². The van der Waals surface area contributed by atoms with Crippen molar-refractivity contribution in [3.8, 4) is 0 Å². The number of aromatic carboxylic acids is 1. The van der Waals surface area contributed by atoms with Gasteiger partial charge in [-0.25, -0.2) is 4.79 Å². The zero-order valence-electron chi connectivity index (χ0n) is 9.93. The lowest BCUT2D eigenvalue weighted by molar-refractivity contribution is 0.0697. The number of hydrogen-bond donors (Lipinski definition) is 2. The van der Waals surface area contributed by atoms with Crippen LogP contribution in [-0.4, -0.2) is 22.0 Å². The summed E-state index contributed by atoms with van der Waals surface area (Å²) in [6.45, 7) is 0. The molecule has 7 heteroatoms. The minimum Gasteiger partial charge on any atom is -0.478 e. The Morgan fingerprint density at radius 1 is 1.15 bits per heavy atom. The second-order valence-corrected chi connectivity index (χ2v) is 4.66. The maximum Gasteiger partial charge on any atom is 0.337 e. The molecule has 2 aromatic rings. The van der Waals surface area contributed by atoms with Gasteiger partial charge < -0.3 is 10.4 Å². The summed E-state index contributed by atoms with van der Waals surface area (Å²) in [6.07, 6.45) is 1.41. The molecule has 20 heavy (non-hydrogen) atoms. The van der Waals surface area contributed by atoms with E-state index in [1.807, 2.05) is 0 Å². The van der Waals surface area contributed by atoms with E-state index in [9.17, 15) is 9.59 Å². The summed E-state index contributed by atoms with van der Waals surface area (Å²) in [6, 6.07) is 7.08. The lowest BCUT2D eigenvalue weighted by atomic mass is 10.2. The van der Waals surface area contributed by atoms with Crippen molar-refractivity contribution >= 4 is 40.8 Å². The Labute approximate surface area is 124 Å². The first-order chi connectivity index (χ1) is 9.47. The molecule has 1 aromatic carbocycles. The van der Waals surface area contributed by atoms with E-state index in [0.29, 0.717) is 10.7 Å². The fourth-order valence-corrected chi connectivity index (χ4v) is 1.91. The number of anilines is 1. The molecule has 102 valence electrons. The van der Waals surface area contributed by atoms with Crippen molar-refractivity contribution in [1.82, 2.24) is 4.98 Å². The first-order valence-electron chi connectivity index (χ1n) is 5.43. The predicted octanol–water partition coefficient (Wildman–Crippen LogP) is 3.34. The molecular weight excluding hydrogens is 303 g/mol. The molecule has 0 unspecified atom stereocenters. The van der Waals surface area contributed by atoms with Crippen molar-refractivity contribution in [2.45, 2.75) is 0 Å². The number of carbonyl (C=O) groups is 2. The van der Waals surface area contributed by atoms with Crippen molar-refractivity contribution in [3.05, 3.63) is 57.8 Å². The van der Waals surface area contributed by atoms with Crippen LogP contribution < -0.4 is 5.32 Å². The third-order valence-corrected chi connectivity index (χ3v) is 2.96. The minimum absolute atomic E-state index is 0.0364. The molecule has 2 rings (SSSR count). The SMILES string of the molecule is O=C(Nc1ccc(C(=O)O)c(Cl)c1)c1cc(Cl)ccn1. The molecule has 2 N–H and O–H groups in total. The van der Waals surface area contributed by atoms with Gasteiger partial charge >= 0.3 is 5.97 Å². The number of carboxylic acid groups (broad SMARTS) is 1. The number of nitrogens with zero attached hydrogens (tertiary/aromatic N) is 1. The van der Waals surface area contributed by atoms with E-state index in [2.05, 4.69) is 10.3 Å². The van der Waals surface area contributed by atoms with Gasteiger partial charge in [-0.1, -0.05) is 23.2 Å². The van der Waals surface area contributed by atoms with Crippen molar-refractivity contribution in [2.24, 2.45) is 0 Å². The summed E-state index contributed by atoms with van der Waals surface area (Å²) < 4.78 is 0. The van der Waals surface area contributed by atoms with Gasteiger partial charge in [-0.3, -0.25) is 9.78 Å². The number of rotatable bonds is 3. The van der Waals surface area contributed by atoms with Gasteiger partial charge in [0.05, 0.1) is 10.6 Å². The van der Waals surface area contributed by atoms with Crippen LogP contribution in [0.15, 0.2) is 36.5 Å². The topological polar surface area (TPSA) is 79.3 Å². The molecule has 0 aliphatic carbocycles. The number of hydrogen-bond acceptors (Lipinski definition) is 3. The molecule has 0 spiro atoms. The molecule has 0 aliphatic heterocycles. The van der Waals surface area contributed by atoms with Gasteiger partial charge in [-0.05, 0) is 30.3 Å². The second kappa shape index (κ2) is 5.90. The van der Waals surface area contributed by atoms with Crippen LogP contribution in [0.3, 0.4) is 0 Å². The number of pyridine rings is 1. The molecule has 0 saturated carbocycles. The summed E-state index contributed by atoms with van der Waals surface area (Å²) in [4.78, 5) is 26.6. The van der Waals surface area contributed by atoms with Gasteiger partial charge in [0.1, 0.15) is 5.69 Å². The Bertz CT molecular complexity index is 689. The van der Waals surface area contributed by atoms with Crippen LogP contribution >= 0.6 is 23.2 Å². The highest BCUT2D eigenvalue weighted by molar-refractivity contribution is 6.34. The first kappa shape index (κ1) is 14.3. The molecule has 0 atom stereocenters. The maximum atomic E-state index is 11.9. The molecular formula is C13H8Cl2N2O3. The molecule has 1 heterocycles. The Hall–Kier alpha value is -2.11. The highest BCUT2D eigenvalue weighted by atomic mass is 35.5. The summed E-state index contributed by atoms with van der Waals surface area (Å²) in [5, 5.41) is 11.8. The van der Waals surface area contributed by atoms with E-state index in [4.69, 9.17) is 28.3 Å². The average molecular weight is 311 g/mol. The summed E-state index contributed by atoms with van der Waals surface area (Å²) >= 11 is 11.6. The minimum atomic E-state index is -1.13. The second-order valence-electron chi connectivity index (χ2n) is 3.81. The Balaban J connectivity index is 2.20. The summed E-state index contributed by atoms with van der Waals surface area (Å²) in [5.74, 6) is -1.60. The van der Waals surface area contributed by atoms with Gasteiger partial charge in [0.25, 0.3) is 5.91 Å². The fourth-order valence-electron chi connectivity index (χ4n) is 1.49. The molecule has 5 nitrogen and oxygen atoms in total. The van der Waals surface area contributed by atoms with Gasteiger partial charge in [-0.15, -0.1) is 0 Å². The summed E-state index contributed by atoms with van der Waals surface area (Å²) in [5.41, 5.74) is 0.480. The van der Waals surface area contributed by atoms with E-state index in [-0.39, 0.29) is 16.3 Å². The van der Waals surface area contributed by atoms with Crippen molar-refractivity contribution in [1.29, 1.82) is 0 Å². The molecule has 1 aromatic heterocycles. The molecule has 0 aliphatic rings. The number of halogens is 2. The van der Waals surface area contributed by atoms with Gasteiger partial charge in [0, 0.05) is 16.9 Å². The third kappa shape index (κ3) is 3.26. The van der Waals surface area contributed by atoms with Crippen molar-refractivity contribution in [2.75, 3.05) is 5.32 Å². The van der Waals surface area contributed by atoms with Gasteiger partial charge in [0.15, 0.2) is 0 Å². The highest BCUT2D eigenvalue weighted by Crippen LogP contribution is 2.21. The quantitative estimate of drug-likeness (QED) is 0.911. The van der Waals surface area contributed by atoms with Crippen LogP contribution in [0.2, 0.25) is 10.0 Å². The van der Waals surface area contributed by atoms with Crippen LogP contribution in [0.25, 0.3) is 0 Å². The highest BCUT2D eigenvalue weighted by Gasteiger charge is 2.12. The van der Waals surface area contributed by atoms with Gasteiger partial charge in [-0.2, -0.15) is 0 Å². The molecule has 0 saturated heterocycles. The van der Waals surface area contributed by atoms with Crippen LogP contribution in [0.1, 0.15) is 20.8 Å². The van der Waals surface area contributed by atoms with E-state index in [1.165, 1.54) is 30.5 Å². The maximum absolute atomic E-state index is 11.9. The monoisotopic (exact) mass is 310 g/mol. The van der Waals surface area contributed by atoms with E-state index in [0.717, 1.165) is 0 Å². The normalized spacial score (nSPS) is 10.1. The van der Waals surface area contributed by atoms with Gasteiger partial charge in [0.2, 0.25) is 0 Å². The predicted molar refractivity (Wildman–Crippen MR) is 75.6 cm³/mol. The number of benzene rings is 1. The lowest BCUT2D eigenvalue weighted by Crippen LogP contribution is -2.13. The van der Waals surface area contributed by atoms with Crippen LogP contribution in [0.4, 0.5) is 5.69 Å². The van der Waals surface area contributed by atoms with Crippen LogP contribution in [0.5, 0.6) is 0 Å². The number of carboxylic acids is 1. The molecule has 1 amide bonds. The number of amides is 1. The largest absolute Gasteiger partial charge is 0.478 e. The molecule has 0 radical (unpaired) electrons. The number of aromatic nitrogens is 1. The standard InChI is InChI=1S/C13H8Cl2N2O3/c14-7-3-4-16-11(5-7)12(18)17-8-1-2-9(13(19)20)10(15)6-8/h1-6H,(H,17,18)(H,19,20). The van der Waals surface area contributed by atoms with Crippen molar-refractivity contribution in [3.63, 3.8) is 0 Å². The fraction of sp³-hybridized carbons (Fsp3) is 0. The number of carbonyl (C=O) groups excluding carboxylic acids is 1. The first-order valence-corrected chi connectivity index (χ1v) is 6.18. The third-order valence-electron chi connectivity index (χ3n) is 2.41. The molecule has 0 fully saturated rings.